The molecule has 0 radical (unpaired) electrons. The van der Waals surface area contributed by atoms with Gasteiger partial charge in [0.15, 0.2) is 5.78 Å². The molecule has 0 unspecified atom stereocenters. The second kappa shape index (κ2) is 8.78. The Balaban J connectivity index is 0.000000219. The molecular weight excluding hydrogens is 345 g/mol. The summed E-state index contributed by atoms with van der Waals surface area (Å²) in [4.78, 5) is 19.6. The third-order valence-corrected chi connectivity index (χ3v) is 3.67. The van der Waals surface area contributed by atoms with Gasteiger partial charge in [0.25, 0.3) is 0 Å². The second-order valence-electron chi connectivity index (χ2n) is 4.54. The molecule has 0 atom stereocenters. The number of pyridine rings is 2. The topological polar surface area (TPSA) is 66.6 Å². The Morgan fingerprint density at radius 1 is 0.833 bits per heavy atom. The first-order valence-electron chi connectivity index (χ1n) is 6.81. The van der Waals surface area contributed by atoms with Crippen molar-refractivity contribution in [2.45, 2.75) is 0 Å². The molecule has 0 amide bonds. The maximum Gasteiger partial charge on any atom is 0.193 e. The molecule has 24 heavy (non-hydrogen) atoms. The zero-order valence-electron chi connectivity index (χ0n) is 12.4. The van der Waals surface area contributed by atoms with E-state index in [1.165, 1.54) is 0 Å². The fourth-order valence-electron chi connectivity index (χ4n) is 1.73. The summed E-state index contributed by atoms with van der Waals surface area (Å²) in [6.07, 6.45) is 6.34. The van der Waals surface area contributed by atoms with Gasteiger partial charge in [-0.3, -0.25) is 14.8 Å². The van der Waals surface area contributed by atoms with Gasteiger partial charge in [-0.25, -0.2) is 0 Å². The van der Waals surface area contributed by atoms with E-state index >= 15 is 0 Å². The van der Waals surface area contributed by atoms with Crippen molar-refractivity contribution in [2.24, 2.45) is 0 Å². The quantitative estimate of drug-likeness (QED) is 0.631. The standard InChI is InChI=1S/C12H7Cl2NO.C6H4N2/c13-10-2-1-9(7-11(10)14)12(16)8-3-5-15-6-4-8;7-5-6-1-3-8-4-2-6/h1-7H;1-4H. The number of ketones is 1. The summed E-state index contributed by atoms with van der Waals surface area (Å²) in [5, 5.41) is 9.07. The fourth-order valence-corrected chi connectivity index (χ4v) is 2.03. The first-order chi connectivity index (χ1) is 11.6. The lowest BCUT2D eigenvalue weighted by molar-refractivity contribution is 0.103. The molecule has 0 spiro atoms. The zero-order valence-corrected chi connectivity index (χ0v) is 13.9. The molecule has 0 bridgehead atoms. The summed E-state index contributed by atoms with van der Waals surface area (Å²) in [7, 11) is 0. The normalized spacial score (nSPS) is 9.38. The van der Waals surface area contributed by atoms with Crippen molar-refractivity contribution in [1.82, 2.24) is 9.97 Å². The molecule has 0 saturated carbocycles. The van der Waals surface area contributed by atoms with E-state index < -0.39 is 0 Å². The van der Waals surface area contributed by atoms with Gasteiger partial charge in [-0.2, -0.15) is 5.26 Å². The van der Waals surface area contributed by atoms with E-state index in [2.05, 4.69) is 9.97 Å². The average Bonchev–Trinajstić information content (AvgIpc) is 2.65. The van der Waals surface area contributed by atoms with E-state index in [4.69, 9.17) is 28.5 Å². The summed E-state index contributed by atoms with van der Waals surface area (Å²) >= 11 is 11.6. The molecule has 2 heterocycles. The zero-order chi connectivity index (χ0) is 17.4. The first-order valence-corrected chi connectivity index (χ1v) is 7.57. The van der Waals surface area contributed by atoms with Crippen LogP contribution in [-0.2, 0) is 0 Å². The highest BCUT2D eigenvalue weighted by Crippen LogP contribution is 2.23. The largest absolute Gasteiger partial charge is 0.289 e. The van der Waals surface area contributed by atoms with Crippen LogP contribution in [0.2, 0.25) is 10.0 Å². The summed E-state index contributed by atoms with van der Waals surface area (Å²) < 4.78 is 0. The molecular formula is C18H11Cl2N3O. The number of benzene rings is 1. The van der Waals surface area contributed by atoms with Crippen LogP contribution in [0.5, 0.6) is 0 Å². The van der Waals surface area contributed by atoms with Gasteiger partial charge < -0.3 is 0 Å². The number of aromatic nitrogens is 2. The first kappa shape index (κ1) is 17.6. The van der Waals surface area contributed by atoms with E-state index in [1.807, 2.05) is 6.07 Å². The van der Waals surface area contributed by atoms with Crippen LogP contribution in [0.4, 0.5) is 0 Å². The molecule has 2 aromatic heterocycles. The van der Waals surface area contributed by atoms with Crippen molar-refractivity contribution in [3.05, 3.63) is 94.0 Å². The van der Waals surface area contributed by atoms with Crippen LogP contribution < -0.4 is 0 Å². The van der Waals surface area contributed by atoms with E-state index in [0.717, 1.165) is 0 Å². The lowest BCUT2D eigenvalue weighted by Gasteiger charge is -2.02. The van der Waals surface area contributed by atoms with Gasteiger partial charge in [0, 0.05) is 35.9 Å². The lowest BCUT2D eigenvalue weighted by atomic mass is 10.0. The van der Waals surface area contributed by atoms with E-state index in [1.54, 1.807) is 67.3 Å². The minimum absolute atomic E-state index is 0.0963. The Bertz CT molecular complexity index is 862. The van der Waals surface area contributed by atoms with Crippen LogP contribution in [0, 0.1) is 11.3 Å². The Labute approximate surface area is 149 Å². The van der Waals surface area contributed by atoms with Gasteiger partial charge >= 0.3 is 0 Å². The van der Waals surface area contributed by atoms with Crippen LogP contribution in [0.15, 0.2) is 67.3 Å². The summed E-state index contributed by atoms with van der Waals surface area (Å²) in [5.74, 6) is -0.0963. The van der Waals surface area contributed by atoms with Crippen molar-refractivity contribution < 1.29 is 4.79 Å². The number of hydrogen-bond acceptors (Lipinski definition) is 4. The molecule has 118 valence electrons. The molecule has 0 aliphatic heterocycles. The molecule has 0 N–H and O–H groups in total. The van der Waals surface area contributed by atoms with Crippen LogP contribution in [0.1, 0.15) is 21.5 Å². The molecule has 4 nitrogen and oxygen atoms in total. The van der Waals surface area contributed by atoms with Crippen molar-refractivity contribution >= 4 is 29.0 Å². The van der Waals surface area contributed by atoms with Crippen LogP contribution in [-0.4, -0.2) is 15.8 Å². The van der Waals surface area contributed by atoms with Crippen LogP contribution in [0.25, 0.3) is 0 Å². The summed E-state index contributed by atoms with van der Waals surface area (Å²) in [6, 6.07) is 13.5. The monoisotopic (exact) mass is 355 g/mol. The predicted octanol–water partition coefficient (Wildman–Crippen LogP) is 4.57. The molecule has 0 fully saturated rings. The molecule has 6 heteroatoms. The Morgan fingerprint density at radius 2 is 1.42 bits per heavy atom. The van der Waals surface area contributed by atoms with E-state index in [0.29, 0.717) is 26.7 Å². The van der Waals surface area contributed by atoms with Crippen LogP contribution >= 0.6 is 23.2 Å². The number of nitrogens with zero attached hydrogens (tertiary/aromatic N) is 3. The highest BCUT2D eigenvalue weighted by Gasteiger charge is 2.10. The van der Waals surface area contributed by atoms with E-state index in [-0.39, 0.29) is 5.78 Å². The van der Waals surface area contributed by atoms with Gasteiger partial charge in [-0.15, -0.1) is 0 Å². The van der Waals surface area contributed by atoms with Gasteiger partial charge in [-0.1, -0.05) is 23.2 Å². The highest BCUT2D eigenvalue weighted by atomic mass is 35.5. The molecule has 1 aromatic carbocycles. The Hall–Kier alpha value is -2.74. The third-order valence-electron chi connectivity index (χ3n) is 2.93. The predicted molar refractivity (Wildman–Crippen MR) is 93.1 cm³/mol. The van der Waals surface area contributed by atoms with Crippen molar-refractivity contribution in [3.8, 4) is 6.07 Å². The number of rotatable bonds is 2. The van der Waals surface area contributed by atoms with Crippen molar-refractivity contribution in [2.75, 3.05) is 0 Å². The number of carbonyl (C=O) groups excluding carboxylic acids is 1. The highest BCUT2D eigenvalue weighted by molar-refractivity contribution is 6.42. The summed E-state index contributed by atoms with van der Waals surface area (Å²) in [6.45, 7) is 0. The third kappa shape index (κ3) is 4.88. The molecule has 3 aromatic rings. The van der Waals surface area contributed by atoms with Gasteiger partial charge in [-0.05, 0) is 42.5 Å². The number of nitriles is 1. The molecule has 0 aliphatic carbocycles. The van der Waals surface area contributed by atoms with Crippen molar-refractivity contribution in [3.63, 3.8) is 0 Å². The Morgan fingerprint density at radius 3 is 1.92 bits per heavy atom. The fraction of sp³-hybridized carbons (Fsp3) is 0. The minimum atomic E-state index is -0.0963. The van der Waals surface area contributed by atoms with Crippen molar-refractivity contribution in [1.29, 1.82) is 5.26 Å². The SMILES string of the molecule is N#Cc1ccncc1.O=C(c1ccncc1)c1ccc(Cl)c(Cl)c1. The van der Waals surface area contributed by atoms with E-state index in [9.17, 15) is 4.79 Å². The second-order valence-corrected chi connectivity index (χ2v) is 5.36. The average molecular weight is 356 g/mol. The smallest absolute Gasteiger partial charge is 0.193 e. The molecule has 3 rings (SSSR count). The maximum atomic E-state index is 12.0. The lowest BCUT2D eigenvalue weighted by Crippen LogP contribution is -2.00. The number of carbonyl (C=O) groups is 1. The molecule has 0 saturated heterocycles. The number of hydrogen-bond donors (Lipinski definition) is 0. The minimum Gasteiger partial charge on any atom is -0.289 e. The van der Waals surface area contributed by atoms with Gasteiger partial charge in [0.1, 0.15) is 0 Å². The molecule has 0 aliphatic rings. The number of halogens is 2. The summed E-state index contributed by atoms with van der Waals surface area (Å²) in [5.41, 5.74) is 1.74. The maximum absolute atomic E-state index is 12.0. The van der Waals surface area contributed by atoms with Crippen LogP contribution in [0.3, 0.4) is 0 Å². The Kier molecular flexibility index (Phi) is 6.44. The van der Waals surface area contributed by atoms with Gasteiger partial charge in [0.2, 0.25) is 0 Å². The van der Waals surface area contributed by atoms with Gasteiger partial charge in [0.05, 0.1) is 21.7 Å².